The molecule has 3 aromatic rings. The molecule has 1 aromatic carbocycles. The lowest BCUT2D eigenvalue weighted by molar-refractivity contribution is -0.134. The summed E-state index contributed by atoms with van der Waals surface area (Å²) in [6.07, 6.45) is 4.75. The molecule has 0 radical (unpaired) electrons. The van der Waals surface area contributed by atoms with Crippen molar-refractivity contribution in [3.05, 3.63) is 60.2 Å². The predicted molar refractivity (Wildman–Crippen MR) is 99.5 cm³/mol. The maximum absolute atomic E-state index is 12.9. The Morgan fingerprint density at radius 2 is 2.04 bits per heavy atom. The highest BCUT2D eigenvalue weighted by atomic mass is 16.5. The summed E-state index contributed by atoms with van der Waals surface area (Å²) in [4.78, 5) is 19.3. The maximum Gasteiger partial charge on any atom is 0.238 e. The van der Waals surface area contributed by atoms with Gasteiger partial charge in [-0.2, -0.15) is 4.98 Å². The van der Waals surface area contributed by atoms with Crippen molar-refractivity contribution in [3.8, 4) is 11.6 Å². The van der Waals surface area contributed by atoms with Gasteiger partial charge in [-0.1, -0.05) is 35.5 Å². The number of carbonyl (C=O) groups excluding carboxylic acids is 1. The van der Waals surface area contributed by atoms with Crippen molar-refractivity contribution in [2.75, 3.05) is 0 Å². The summed E-state index contributed by atoms with van der Waals surface area (Å²) in [7, 11) is 0. The van der Waals surface area contributed by atoms with Crippen molar-refractivity contribution in [2.24, 2.45) is 5.92 Å². The summed E-state index contributed by atoms with van der Waals surface area (Å²) in [6, 6.07) is 13.9. The van der Waals surface area contributed by atoms with E-state index in [-0.39, 0.29) is 11.9 Å². The maximum atomic E-state index is 12.9. The van der Waals surface area contributed by atoms with Gasteiger partial charge in [0.1, 0.15) is 0 Å². The standard InChI is InChI=1S/C21H23N3O3/c1-15(17-9-10-17)24(14-16-6-3-2-4-7-16)20(25)12-11-19-22-21(23-27-19)18-8-5-13-26-18/h2-8,13,15,17H,9-12,14H2,1H3. The van der Waals surface area contributed by atoms with Gasteiger partial charge in [-0.3, -0.25) is 4.79 Å². The van der Waals surface area contributed by atoms with Crippen LogP contribution in [0.5, 0.6) is 0 Å². The molecule has 1 unspecified atom stereocenters. The second kappa shape index (κ2) is 7.78. The summed E-state index contributed by atoms with van der Waals surface area (Å²) >= 11 is 0. The molecule has 2 heterocycles. The van der Waals surface area contributed by atoms with Crippen molar-refractivity contribution in [1.82, 2.24) is 15.0 Å². The van der Waals surface area contributed by atoms with Gasteiger partial charge in [-0.15, -0.1) is 0 Å². The van der Waals surface area contributed by atoms with Crippen LogP contribution >= 0.6 is 0 Å². The zero-order valence-corrected chi connectivity index (χ0v) is 15.4. The number of benzene rings is 1. The van der Waals surface area contributed by atoms with Crippen molar-refractivity contribution >= 4 is 5.91 Å². The van der Waals surface area contributed by atoms with Gasteiger partial charge in [-0.05, 0) is 43.4 Å². The van der Waals surface area contributed by atoms with Gasteiger partial charge in [0.15, 0.2) is 5.76 Å². The van der Waals surface area contributed by atoms with Gasteiger partial charge in [0.2, 0.25) is 17.6 Å². The SMILES string of the molecule is CC(C1CC1)N(Cc1ccccc1)C(=O)CCc1nc(-c2ccco2)no1. The molecule has 1 atom stereocenters. The molecule has 6 heteroatoms. The lowest BCUT2D eigenvalue weighted by Crippen LogP contribution is -2.39. The molecule has 0 aliphatic heterocycles. The van der Waals surface area contributed by atoms with Crippen molar-refractivity contribution in [2.45, 2.75) is 45.2 Å². The van der Waals surface area contributed by atoms with Crippen LogP contribution in [0, 0.1) is 5.92 Å². The monoisotopic (exact) mass is 365 g/mol. The predicted octanol–water partition coefficient (Wildman–Crippen LogP) is 4.09. The number of nitrogens with zero attached hydrogens (tertiary/aromatic N) is 3. The van der Waals surface area contributed by atoms with Crippen LogP contribution in [0.3, 0.4) is 0 Å². The van der Waals surface area contributed by atoms with Crippen molar-refractivity contribution in [1.29, 1.82) is 0 Å². The first-order valence-corrected chi connectivity index (χ1v) is 9.40. The molecular weight excluding hydrogens is 342 g/mol. The molecular formula is C21H23N3O3. The fourth-order valence-electron chi connectivity index (χ4n) is 3.29. The summed E-state index contributed by atoms with van der Waals surface area (Å²) in [6.45, 7) is 2.79. The van der Waals surface area contributed by atoms with Crippen molar-refractivity contribution < 1.29 is 13.7 Å². The average Bonchev–Trinajstić information content (AvgIpc) is 3.19. The Morgan fingerprint density at radius 1 is 1.22 bits per heavy atom. The van der Waals surface area contributed by atoms with Crippen LogP contribution in [0.4, 0.5) is 0 Å². The molecule has 1 fully saturated rings. The third kappa shape index (κ3) is 4.27. The highest BCUT2D eigenvalue weighted by molar-refractivity contribution is 5.76. The van der Waals surface area contributed by atoms with Crippen LogP contribution in [0.1, 0.15) is 37.6 Å². The molecule has 4 rings (SSSR count). The lowest BCUT2D eigenvalue weighted by atomic mass is 10.1. The fourth-order valence-corrected chi connectivity index (χ4v) is 3.29. The number of rotatable bonds is 8. The first kappa shape index (κ1) is 17.5. The summed E-state index contributed by atoms with van der Waals surface area (Å²) < 4.78 is 10.5. The number of carbonyl (C=O) groups is 1. The number of amides is 1. The van der Waals surface area contributed by atoms with Gasteiger partial charge in [0.25, 0.3) is 0 Å². The third-order valence-corrected chi connectivity index (χ3v) is 5.07. The number of furan rings is 1. The zero-order valence-electron chi connectivity index (χ0n) is 15.4. The van der Waals surface area contributed by atoms with Crippen LogP contribution < -0.4 is 0 Å². The Labute approximate surface area is 158 Å². The minimum atomic E-state index is 0.121. The van der Waals surface area contributed by atoms with Gasteiger partial charge < -0.3 is 13.8 Å². The van der Waals surface area contributed by atoms with Gasteiger partial charge in [0.05, 0.1) is 6.26 Å². The van der Waals surface area contributed by atoms with E-state index in [1.165, 1.54) is 12.8 Å². The second-order valence-corrected chi connectivity index (χ2v) is 7.07. The minimum Gasteiger partial charge on any atom is -0.461 e. The average molecular weight is 365 g/mol. The largest absolute Gasteiger partial charge is 0.461 e. The quantitative estimate of drug-likeness (QED) is 0.601. The first-order valence-electron chi connectivity index (χ1n) is 9.40. The Kier molecular flexibility index (Phi) is 5.05. The highest BCUT2D eigenvalue weighted by Crippen LogP contribution is 2.36. The Bertz CT molecular complexity index is 869. The van der Waals surface area contributed by atoms with E-state index in [1.54, 1.807) is 18.4 Å². The van der Waals surface area contributed by atoms with Crippen LogP contribution in [0.15, 0.2) is 57.7 Å². The van der Waals surface area contributed by atoms with Crippen LogP contribution in [-0.4, -0.2) is 27.0 Å². The minimum absolute atomic E-state index is 0.121. The van der Waals surface area contributed by atoms with E-state index >= 15 is 0 Å². The van der Waals surface area contributed by atoms with E-state index in [1.807, 2.05) is 23.1 Å². The molecule has 6 nitrogen and oxygen atoms in total. The second-order valence-electron chi connectivity index (χ2n) is 7.07. The van der Waals surface area contributed by atoms with Gasteiger partial charge >= 0.3 is 0 Å². The van der Waals surface area contributed by atoms with Crippen LogP contribution in [0.25, 0.3) is 11.6 Å². The Morgan fingerprint density at radius 3 is 2.74 bits per heavy atom. The molecule has 1 saturated carbocycles. The molecule has 1 aliphatic carbocycles. The highest BCUT2D eigenvalue weighted by Gasteiger charge is 2.34. The number of hydrogen-bond acceptors (Lipinski definition) is 5. The van der Waals surface area contributed by atoms with E-state index in [0.29, 0.717) is 42.8 Å². The van der Waals surface area contributed by atoms with E-state index in [9.17, 15) is 4.79 Å². The zero-order chi connectivity index (χ0) is 18.6. The number of aryl methyl sites for hydroxylation is 1. The van der Waals surface area contributed by atoms with Crippen LogP contribution in [-0.2, 0) is 17.8 Å². The molecule has 27 heavy (non-hydrogen) atoms. The molecule has 0 spiro atoms. The number of aromatic nitrogens is 2. The molecule has 0 N–H and O–H groups in total. The summed E-state index contributed by atoms with van der Waals surface area (Å²) in [5.74, 6) is 2.16. The van der Waals surface area contributed by atoms with Gasteiger partial charge in [-0.25, -0.2) is 0 Å². The normalized spacial score (nSPS) is 14.9. The van der Waals surface area contributed by atoms with Crippen LogP contribution in [0.2, 0.25) is 0 Å². The number of hydrogen-bond donors (Lipinski definition) is 0. The molecule has 1 amide bonds. The van der Waals surface area contributed by atoms with E-state index in [0.717, 1.165) is 5.56 Å². The Hall–Kier alpha value is -2.89. The fraction of sp³-hybridized carbons (Fsp3) is 0.381. The van der Waals surface area contributed by atoms with Crippen molar-refractivity contribution in [3.63, 3.8) is 0 Å². The molecule has 140 valence electrons. The van der Waals surface area contributed by atoms with E-state index < -0.39 is 0 Å². The van der Waals surface area contributed by atoms with E-state index in [4.69, 9.17) is 8.94 Å². The van der Waals surface area contributed by atoms with Gasteiger partial charge in [0, 0.05) is 25.4 Å². The lowest BCUT2D eigenvalue weighted by Gasteiger charge is -2.29. The first-order chi connectivity index (χ1) is 13.2. The topological polar surface area (TPSA) is 72.4 Å². The molecule has 0 bridgehead atoms. The summed E-state index contributed by atoms with van der Waals surface area (Å²) in [5, 5.41) is 3.92. The molecule has 1 aliphatic rings. The van der Waals surface area contributed by atoms with E-state index in [2.05, 4.69) is 29.2 Å². The summed E-state index contributed by atoms with van der Waals surface area (Å²) in [5.41, 5.74) is 1.15. The smallest absolute Gasteiger partial charge is 0.238 e. The molecule has 2 aromatic heterocycles. The third-order valence-electron chi connectivity index (χ3n) is 5.07. The molecule has 0 saturated heterocycles. The Balaban J connectivity index is 1.40.